The number of hydrogen-bond acceptors (Lipinski definition) is 8. The zero-order valence-electron chi connectivity index (χ0n) is 20.2. The molecule has 13 N–H and O–H groups in total. The van der Waals surface area contributed by atoms with Crippen LogP contribution < -0.4 is 38.9 Å². The summed E-state index contributed by atoms with van der Waals surface area (Å²) >= 11 is 0. The van der Waals surface area contributed by atoms with Gasteiger partial charge in [-0.3, -0.25) is 24.2 Å². The quantitative estimate of drug-likeness (QED) is 0.0563. The first kappa shape index (κ1) is 31.5. The Morgan fingerprint density at radius 2 is 1.43 bits per heavy atom. The van der Waals surface area contributed by atoms with Gasteiger partial charge in [-0.1, -0.05) is 13.8 Å². The van der Waals surface area contributed by atoms with Gasteiger partial charge >= 0.3 is 5.97 Å². The molecule has 15 heteroatoms. The number of carboxylic acid groups (broad SMARTS) is 1. The van der Waals surface area contributed by atoms with Gasteiger partial charge in [0.1, 0.15) is 18.1 Å². The van der Waals surface area contributed by atoms with E-state index in [9.17, 15) is 34.2 Å². The number of amides is 4. The number of rotatable bonds is 16. The van der Waals surface area contributed by atoms with Crippen LogP contribution in [0.3, 0.4) is 0 Å². The van der Waals surface area contributed by atoms with Crippen molar-refractivity contribution in [2.75, 3.05) is 6.54 Å². The van der Waals surface area contributed by atoms with Crippen molar-refractivity contribution in [3.05, 3.63) is 0 Å². The summed E-state index contributed by atoms with van der Waals surface area (Å²) in [5.74, 6) is -5.14. The van der Waals surface area contributed by atoms with Crippen LogP contribution in [0.2, 0.25) is 0 Å². The Morgan fingerprint density at radius 1 is 0.857 bits per heavy atom. The van der Waals surface area contributed by atoms with E-state index >= 15 is 0 Å². The van der Waals surface area contributed by atoms with Crippen molar-refractivity contribution in [1.82, 2.24) is 16.0 Å². The number of nitrogens with two attached hydrogens (primary N) is 4. The molecule has 0 heterocycles. The van der Waals surface area contributed by atoms with Gasteiger partial charge in [0.15, 0.2) is 5.96 Å². The van der Waals surface area contributed by atoms with Crippen LogP contribution >= 0.6 is 0 Å². The third-order valence-electron chi connectivity index (χ3n) is 4.91. The molecule has 0 aromatic rings. The molecule has 0 aliphatic rings. The van der Waals surface area contributed by atoms with Crippen LogP contribution in [-0.2, 0) is 24.0 Å². The molecule has 0 saturated carbocycles. The summed E-state index contributed by atoms with van der Waals surface area (Å²) in [4.78, 5) is 64.3. The van der Waals surface area contributed by atoms with Gasteiger partial charge in [-0.15, -0.1) is 0 Å². The van der Waals surface area contributed by atoms with E-state index in [2.05, 4.69) is 20.9 Å². The lowest BCUT2D eigenvalue weighted by Crippen LogP contribution is -2.60. The molecule has 0 bridgehead atoms. The standard InChI is InChI=1S/C20H38N8O7/c1-9(2)14(19(34)35)27-18(33)15(10(3)29)28-17(32)12(6-7-13(22)30)26-16(31)11(21)5-4-8-25-20(23)24/h9-12,14-15,29H,4-8,21H2,1-3H3,(H2,22,30)(H,26,31)(H,27,33)(H,28,32)(H,34,35)(H4,23,24,25). The molecular formula is C20H38N8O7. The van der Waals surface area contributed by atoms with E-state index in [1.807, 2.05) is 0 Å². The zero-order chi connectivity index (χ0) is 27.3. The number of nitrogens with zero attached hydrogens (tertiary/aromatic N) is 1. The molecule has 5 unspecified atom stereocenters. The van der Waals surface area contributed by atoms with Gasteiger partial charge < -0.3 is 49.1 Å². The Balaban J connectivity index is 5.39. The molecule has 0 radical (unpaired) electrons. The molecule has 0 saturated heterocycles. The summed E-state index contributed by atoms with van der Waals surface area (Å²) in [6.07, 6.45) is -1.30. The molecule has 200 valence electrons. The number of carbonyl (C=O) groups excluding carboxylic acids is 4. The number of guanidine groups is 1. The van der Waals surface area contributed by atoms with Crippen LogP contribution in [0.15, 0.2) is 4.99 Å². The average Bonchev–Trinajstić information content (AvgIpc) is 2.74. The van der Waals surface area contributed by atoms with Gasteiger partial charge in [-0.2, -0.15) is 0 Å². The maximum Gasteiger partial charge on any atom is 0.326 e. The summed E-state index contributed by atoms with van der Waals surface area (Å²) in [6.45, 7) is 4.61. The normalized spacial score (nSPS) is 15.1. The van der Waals surface area contributed by atoms with Crippen LogP contribution in [-0.4, -0.2) is 82.6 Å². The molecule has 0 fully saturated rings. The van der Waals surface area contributed by atoms with Crippen LogP contribution in [0.25, 0.3) is 0 Å². The number of aliphatic imine (C=N–C) groups is 1. The summed E-state index contributed by atoms with van der Waals surface area (Å²) in [7, 11) is 0. The van der Waals surface area contributed by atoms with Gasteiger partial charge in [0.2, 0.25) is 23.6 Å². The molecular weight excluding hydrogens is 464 g/mol. The Bertz CT molecular complexity index is 783. The lowest BCUT2D eigenvalue weighted by Gasteiger charge is -2.27. The van der Waals surface area contributed by atoms with Gasteiger partial charge in [-0.05, 0) is 32.1 Å². The molecule has 0 spiro atoms. The van der Waals surface area contributed by atoms with E-state index < -0.39 is 65.8 Å². The lowest BCUT2D eigenvalue weighted by atomic mass is 10.0. The monoisotopic (exact) mass is 502 g/mol. The van der Waals surface area contributed by atoms with Crippen LogP contribution in [0.5, 0.6) is 0 Å². The average molecular weight is 503 g/mol. The Hall–Kier alpha value is -3.46. The Kier molecular flexibility index (Phi) is 13.9. The maximum atomic E-state index is 12.9. The van der Waals surface area contributed by atoms with E-state index in [4.69, 9.17) is 22.9 Å². The molecule has 0 aromatic heterocycles. The van der Waals surface area contributed by atoms with Gasteiger partial charge in [0.05, 0.1) is 12.1 Å². The molecule has 4 amide bonds. The fraction of sp³-hybridized carbons (Fsp3) is 0.700. The summed E-state index contributed by atoms with van der Waals surface area (Å²) in [5, 5.41) is 26.2. The second-order valence-corrected chi connectivity index (χ2v) is 8.42. The molecule has 0 aromatic carbocycles. The predicted molar refractivity (Wildman–Crippen MR) is 126 cm³/mol. The zero-order valence-corrected chi connectivity index (χ0v) is 20.2. The van der Waals surface area contributed by atoms with Crippen molar-refractivity contribution in [3.63, 3.8) is 0 Å². The number of carbonyl (C=O) groups is 5. The number of primary amides is 1. The second kappa shape index (κ2) is 15.4. The summed E-state index contributed by atoms with van der Waals surface area (Å²) in [5.41, 5.74) is 21.4. The number of aliphatic hydroxyl groups excluding tert-OH is 1. The largest absolute Gasteiger partial charge is 0.480 e. The fourth-order valence-corrected chi connectivity index (χ4v) is 2.90. The minimum Gasteiger partial charge on any atom is -0.480 e. The van der Waals surface area contributed by atoms with Gasteiger partial charge in [0, 0.05) is 13.0 Å². The fourth-order valence-electron chi connectivity index (χ4n) is 2.90. The van der Waals surface area contributed by atoms with Crippen molar-refractivity contribution in [3.8, 4) is 0 Å². The number of nitrogens with one attached hydrogen (secondary N) is 3. The highest BCUT2D eigenvalue weighted by Crippen LogP contribution is 2.06. The second-order valence-electron chi connectivity index (χ2n) is 8.42. The van der Waals surface area contributed by atoms with Gasteiger partial charge in [0.25, 0.3) is 0 Å². The minimum absolute atomic E-state index is 0.106. The first-order chi connectivity index (χ1) is 16.2. The van der Waals surface area contributed by atoms with Crippen LogP contribution in [0.1, 0.15) is 46.5 Å². The Labute approximate surface area is 203 Å². The van der Waals surface area contributed by atoms with Crippen LogP contribution in [0.4, 0.5) is 0 Å². The van der Waals surface area contributed by atoms with Crippen molar-refractivity contribution >= 4 is 35.6 Å². The van der Waals surface area contributed by atoms with Crippen molar-refractivity contribution < 1.29 is 34.2 Å². The number of carboxylic acids is 1. The number of aliphatic hydroxyl groups is 1. The SMILES string of the molecule is CC(C)C(NC(=O)C(NC(=O)C(CCC(N)=O)NC(=O)C(N)CCCN=C(N)N)C(C)O)C(=O)O. The molecule has 0 aliphatic carbocycles. The third kappa shape index (κ3) is 12.5. The highest BCUT2D eigenvalue weighted by Gasteiger charge is 2.33. The van der Waals surface area contributed by atoms with E-state index in [1.165, 1.54) is 6.92 Å². The number of hydrogen-bond donors (Lipinski definition) is 9. The first-order valence-electron chi connectivity index (χ1n) is 11.1. The highest BCUT2D eigenvalue weighted by molar-refractivity contribution is 5.94. The highest BCUT2D eigenvalue weighted by atomic mass is 16.4. The van der Waals surface area contributed by atoms with E-state index in [0.717, 1.165) is 0 Å². The Morgan fingerprint density at radius 3 is 1.89 bits per heavy atom. The number of aliphatic carboxylic acids is 1. The third-order valence-corrected chi connectivity index (χ3v) is 4.91. The molecule has 0 rings (SSSR count). The summed E-state index contributed by atoms with van der Waals surface area (Å²) < 4.78 is 0. The van der Waals surface area contributed by atoms with E-state index in [0.29, 0.717) is 6.42 Å². The predicted octanol–water partition coefficient (Wildman–Crippen LogP) is -3.79. The van der Waals surface area contributed by atoms with E-state index in [-0.39, 0.29) is 31.8 Å². The molecule has 0 aliphatic heterocycles. The van der Waals surface area contributed by atoms with Crippen LogP contribution in [0, 0.1) is 5.92 Å². The molecule has 5 atom stereocenters. The minimum atomic E-state index is -1.54. The topological polar surface area (TPSA) is 278 Å². The molecule has 15 nitrogen and oxygen atoms in total. The van der Waals surface area contributed by atoms with Crippen molar-refractivity contribution in [1.29, 1.82) is 0 Å². The summed E-state index contributed by atoms with van der Waals surface area (Å²) in [6, 6.07) is -5.13. The molecule has 35 heavy (non-hydrogen) atoms. The van der Waals surface area contributed by atoms with Gasteiger partial charge in [-0.25, -0.2) is 4.79 Å². The lowest BCUT2D eigenvalue weighted by molar-refractivity contribution is -0.144. The van der Waals surface area contributed by atoms with Crippen molar-refractivity contribution in [2.24, 2.45) is 33.8 Å². The smallest absolute Gasteiger partial charge is 0.326 e. The first-order valence-corrected chi connectivity index (χ1v) is 11.1. The van der Waals surface area contributed by atoms with E-state index in [1.54, 1.807) is 13.8 Å². The maximum absolute atomic E-state index is 12.9. The van der Waals surface area contributed by atoms with Crippen molar-refractivity contribution in [2.45, 2.75) is 76.7 Å².